The third kappa shape index (κ3) is 1.82. The van der Waals surface area contributed by atoms with E-state index >= 15 is 0 Å². The van der Waals surface area contributed by atoms with Gasteiger partial charge in [-0.05, 0) is 44.4 Å². The molecular formula is C12H22N2. The van der Waals surface area contributed by atoms with E-state index < -0.39 is 0 Å². The van der Waals surface area contributed by atoms with Crippen molar-refractivity contribution >= 4 is 0 Å². The van der Waals surface area contributed by atoms with Gasteiger partial charge in [-0.1, -0.05) is 0 Å². The van der Waals surface area contributed by atoms with E-state index in [-0.39, 0.29) is 0 Å². The van der Waals surface area contributed by atoms with Gasteiger partial charge in [-0.15, -0.1) is 0 Å². The molecule has 2 saturated carbocycles. The van der Waals surface area contributed by atoms with Crippen LogP contribution in [0.1, 0.15) is 32.6 Å². The summed E-state index contributed by atoms with van der Waals surface area (Å²) in [5.41, 5.74) is 0. The van der Waals surface area contributed by atoms with E-state index in [4.69, 9.17) is 0 Å². The second-order valence-corrected chi connectivity index (χ2v) is 5.52. The molecule has 0 bridgehead atoms. The molecule has 2 nitrogen and oxygen atoms in total. The maximum Gasteiger partial charge on any atom is 0.0167 e. The first kappa shape index (κ1) is 9.17. The zero-order valence-electron chi connectivity index (χ0n) is 9.21. The summed E-state index contributed by atoms with van der Waals surface area (Å²) >= 11 is 0. The Kier molecular flexibility index (Phi) is 2.29. The quantitative estimate of drug-likeness (QED) is 0.732. The van der Waals surface area contributed by atoms with Gasteiger partial charge in [-0.2, -0.15) is 0 Å². The number of nitrogens with one attached hydrogen (secondary N) is 1. The maximum atomic E-state index is 3.54. The van der Waals surface area contributed by atoms with E-state index in [1.165, 1.54) is 45.3 Å². The molecule has 1 aliphatic heterocycles. The molecule has 1 unspecified atom stereocenters. The van der Waals surface area contributed by atoms with Crippen molar-refractivity contribution in [2.45, 2.75) is 44.7 Å². The van der Waals surface area contributed by atoms with E-state index in [0.29, 0.717) is 6.04 Å². The lowest BCUT2D eigenvalue weighted by Gasteiger charge is -2.38. The minimum Gasteiger partial charge on any atom is -0.312 e. The van der Waals surface area contributed by atoms with Crippen molar-refractivity contribution in [2.24, 2.45) is 11.8 Å². The number of nitrogens with zero attached hydrogens (tertiary/aromatic N) is 1. The zero-order valence-corrected chi connectivity index (χ0v) is 9.21. The fraction of sp³-hybridized carbons (Fsp3) is 1.00. The first-order valence-electron chi connectivity index (χ1n) is 6.32. The highest BCUT2D eigenvalue weighted by atomic mass is 15.2. The average Bonchev–Trinajstić information content (AvgIpc) is 2.98. The van der Waals surface area contributed by atoms with Crippen LogP contribution in [0.3, 0.4) is 0 Å². The Bertz CT molecular complexity index is 196. The highest BCUT2D eigenvalue weighted by Gasteiger charge is 2.44. The zero-order chi connectivity index (χ0) is 9.54. The summed E-state index contributed by atoms with van der Waals surface area (Å²) in [5, 5.41) is 3.54. The Hall–Kier alpha value is -0.0800. The van der Waals surface area contributed by atoms with Gasteiger partial charge in [0, 0.05) is 31.7 Å². The molecule has 0 aromatic rings. The Labute approximate surface area is 87.0 Å². The van der Waals surface area contributed by atoms with Gasteiger partial charge in [-0.3, -0.25) is 4.90 Å². The van der Waals surface area contributed by atoms with Crippen molar-refractivity contribution in [1.82, 2.24) is 10.2 Å². The Morgan fingerprint density at radius 3 is 2.29 bits per heavy atom. The van der Waals surface area contributed by atoms with Crippen LogP contribution >= 0.6 is 0 Å². The lowest BCUT2D eigenvalue weighted by Crippen LogP contribution is -2.54. The molecule has 3 fully saturated rings. The molecule has 0 aromatic heterocycles. The molecule has 1 saturated heterocycles. The summed E-state index contributed by atoms with van der Waals surface area (Å²) in [4.78, 5) is 2.79. The normalized spacial score (nSPS) is 35.1. The lowest BCUT2D eigenvalue weighted by molar-refractivity contribution is 0.118. The van der Waals surface area contributed by atoms with Crippen molar-refractivity contribution in [3.8, 4) is 0 Å². The molecule has 0 spiro atoms. The monoisotopic (exact) mass is 194 g/mol. The molecule has 2 heteroatoms. The number of hydrogen-bond donors (Lipinski definition) is 1. The Morgan fingerprint density at radius 1 is 1.14 bits per heavy atom. The van der Waals surface area contributed by atoms with Gasteiger partial charge in [0.1, 0.15) is 0 Å². The lowest BCUT2D eigenvalue weighted by atomic mass is 10.0. The minimum atomic E-state index is 0.712. The van der Waals surface area contributed by atoms with Crippen LogP contribution in [0.25, 0.3) is 0 Å². The fourth-order valence-corrected chi connectivity index (χ4v) is 3.09. The Morgan fingerprint density at radius 2 is 1.79 bits per heavy atom. The predicted molar refractivity (Wildman–Crippen MR) is 58.3 cm³/mol. The standard InChI is InChI=1S/C12H22N2/c1-9-8-14(7-6-13-9)12(10-2-3-10)11-4-5-11/h9-13H,2-8H2,1H3. The highest BCUT2D eigenvalue weighted by Crippen LogP contribution is 2.47. The van der Waals surface area contributed by atoms with E-state index in [1.807, 2.05) is 0 Å². The van der Waals surface area contributed by atoms with Crippen LogP contribution in [0, 0.1) is 11.8 Å². The van der Waals surface area contributed by atoms with Gasteiger partial charge < -0.3 is 5.32 Å². The molecule has 1 heterocycles. The second kappa shape index (κ2) is 3.49. The van der Waals surface area contributed by atoms with E-state index in [1.54, 1.807) is 0 Å². The van der Waals surface area contributed by atoms with Gasteiger partial charge in [-0.25, -0.2) is 0 Å². The summed E-state index contributed by atoms with van der Waals surface area (Å²) < 4.78 is 0. The second-order valence-electron chi connectivity index (χ2n) is 5.52. The molecule has 3 aliphatic rings. The van der Waals surface area contributed by atoms with Crippen molar-refractivity contribution in [3.05, 3.63) is 0 Å². The molecule has 3 rings (SSSR count). The summed E-state index contributed by atoms with van der Waals surface area (Å²) in [7, 11) is 0. The van der Waals surface area contributed by atoms with Crippen molar-refractivity contribution in [1.29, 1.82) is 0 Å². The average molecular weight is 194 g/mol. The fourth-order valence-electron chi connectivity index (χ4n) is 3.09. The first-order valence-corrected chi connectivity index (χ1v) is 6.32. The van der Waals surface area contributed by atoms with Gasteiger partial charge in [0.15, 0.2) is 0 Å². The van der Waals surface area contributed by atoms with E-state index in [9.17, 15) is 0 Å². The summed E-state index contributed by atoms with van der Waals surface area (Å²) in [5.74, 6) is 2.15. The number of hydrogen-bond acceptors (Lipinski definition) is 2. The van der Waals surface area contributed by atoms with Gasteiger partial charge >= 0.3 is 0 Å². The number of rotatable bonds is 3. The molecular weight excluding hydrogens is 172 g/mol. The van der Waals surface area contributed by atoms with Crippen molar-refractivity contribution < 1.29 is 0 Å². The molecule has 80 valence electrons. The van der Waals surface area contributed by atoms with E-state index in [2.05, 4.69) is 17.1 Å². The molecule has 1 atom stereocenters. The summed E-state index contributed by atoms with van der Waals surface area (Å²) in [6.45, 7) is 6.11. The molecule has 1 N–H and O–H groups in total. The number of piperazine rings is 1. The van der Waals surface area contributed by atoms with Crippen LogP contribution in [0.15, 0.2) is 0 Å². The topological polar surface area (TPSA) is 15.3 Å². The third-order valence-electron chi connectivity index (χ3n) is 4.03. The van der Waals surface area contributed by atoms with Crippen LogP contribution in [-0.2, 0) is 0 Å². The SMILES string of the molecule is CC1CN(C(C2CC2)C2CC2)CCN1. The maximum absolute atomic E-state index is 3.54. The van der Waals surface area contributed by atoms with Crippen molar-refractivity contribution in [3.63, 3.8) is 0 Å². The molecule has 14 heavy (non-hydrogen) atoms. The minimum absolute atomic E-state index is 0.712. The highest BCUT2D eigenvalue weighted by molar-refractivity contribution is 4.99. The molecule has 0 radical (unpaired) electrons. The third-order valence-corrected chi connectivity index (χ3v) is 4.03. The summed E-state index contributed by atoms with van der Waals surface area (Å²) in [6, 6.07) is 1.68. The molecule has 2 aliphatic carbocycles. The van der Waals surface area contributed by atoms with Gasteiger partial charge in [0.2, 0.25) is 0 Å². The predicted octanol–water partition coefficient (Wildman–Crippen LogP) is 1.47. The van der Waals surface area contributed by atoms with Gasteiger partial charge in [0.25, 0.3) is 0 Å². The smallest absolute Gasteiger partial charge is 0.0167 e. The van der Waals surface area contributed by atoms with Crippen LogP contribution in [0.2, 0.25) is 0 Å². The first-order chi connectivity index (χ1) is 6.84. The van der Waals surface area contributed by atoms with Gasteiger partial charge in [0.05, 0.1) is 0 Å². The Balaban J connectivity index is 1.64. The molecule has 0 aromatic carbocycles. The van der Waals surface area contributed by atoms with Crippen LogP contribution in [0.4, 0.5) is 0 Å². The largest absolute Gasteiger partial charge is 0.312 e. The van der Waals surface area contributed by atoms with Crippen LogP contribution in [-0.4, -0.2) is 36.6 Å². The van der Waals surface area contributed by atoms with E-state index in [0.717, 1.165) is 17.9 Å². The molecule has 0 amide bonds. The van der Waals surface area contributed by atoms with Crippen molar-refractivity contribution in [2.75, 3.05) is 19.6 Å². The van der Waals surface area contributed by atoms with Crippen LogP contribution < -0.4 is 5.32 Å². The summed E-state index contributed by atoms with van der Waals surface area (Å²) in [6.07, 6.45) is 6.05. The van der Waals surface area contributed by atoms with Crippen LogP contribution in [0.5, 0.6) is 0 Å².